The highest BCUT2D eigenvalue weighted by atomic mass is 79.9. The zero-order valence-electron chi connectivity index (χ0n) is 15.1. The molecule has 2 N–H and O–H groups in total. The van der Waals surface area contributed by atoms with Crippen molar-refractivity contribution < 1.29 is 29.4 Å². The van der Waals surface area contributed by atoms with Gasteiger partial charge >= 0.3 is 11.9 Å². The third-order valence-corrected chi connectivity index (χ3v) is 5.38. The molecule has 0 heterocycles. The molecule has 3 rings (SSSR count). The topological polar surface area (TPSA) is 109 Å². The lowest BCUT2D eigenvalue weighted by Gasteiger charge is -2.12. The Hall–Kier alpha value is -3.10. The molecular formula is C22H12Br2O6. The fourth-order valence-corrected chi connectivity index (χ4v) is 3.37. The van der Waals surface area contributed by atoms with Crippen molar-refractivity contribution in [3.05, 3.63) is 103 Å². The average molecular weight is 532 g/mol. The van der Waals surface area contributed by atoms with Crippen molar-refractivity contribution in [2.24, 2.45) is 0 Å². The minimum absolute atomic E-state index is 0.184. The molecular weight excluding hydrogens is 520 g/mol. The molecule has 3 aromatic carbocycles. The predicted molar refractivity (Wildman–Crippen MR) is 116 cm³/mol. The lowest BCUT2D eigenvalue weighted by atomic mass is 9.90. The molecule has 6 nitrogen and oxygen atoms in total. The highest BCUT2D eigenvalue weighted by molar-refractivity contribution is 9.10. The zero-order valence-corrected chi connectivity index (χ0v) is 18.2. The molecule has 0 spiro atoms. The highest BCUT2D eigenvalue weighted by Gasteiger charge is 2.26. The Balaban J connectivity index is 2.19. The number of carbonyl (C=O) groups is 4. The predicted octanol–water partition coefficient (Wildman–Crippen LogP) is 5.07. The molecule has 0 amide bonds. The van der Waals surface area contributed by atoms with Crippen LogP contribution in [0.2, 0.25) is 0 Å². The van der Waals surface area contributed by atoms with Gasteiger partial charge in [-0.05, 0) is 60.7 Å². The van der Waals surface area contributed by atoms with E-state index >= 15 is 0 Å². The third kappa shape index (κ3) is 4.39. The van der Waals surface area contributed by atoms with Gasteiger partial charge in [0.2, 0.25) is 0 Å². The van der Waals surface area contributed by atoms with Crippen LogP contribution in [0.4, 0.5) is 0 Å². The second-order valence-corrected chi connectivity index (χ2v) is 8.06. The maximum Gasteiger partial charge on any atom is 0.336 e. The standard InChI is InChI=1S/C22H12Br2O6/c23-13-5-1-11(2-6-13)19(25)15-9-18(22(29)30)16(10-17(15)21(27)28)20(26)12-3-7-14(24)8-4-12/h1-10H,(H,27,28)(H,29,30). The van der Waals surface area contributed by atoms with Gasteiger partial charge < -0.3 is 10.2 Å². The Kier molecular flexibility index (Phi) is 6.28. The SMILES string of the molecule is O=C(O)c1cc(C(=O)c2ccc(Br)cc2)c(C(=O)O)cc1C(=O)c1ccc(Br)cc1. The molecule has 3 aromatic rings. The largest absolute Gasteiger partial charge is 0.478 e. The van der Waals surface area contributed by atoms with Crippen LogP contribution in [-0.2, 0) is 0 Å². The first-order chi connectivity index (χ1) is 14.2. The van der Waals surface area contributed by atoms with E-state index < -0.39 is 34.6 Å². The minimum Gasteiger partial charge on any atom is -0.478 e. The van der Waals surface area contributed by atoms with Crippen molar-refractivity contribution in [3.8, 4) is 0 Å². The summed E-state index contributed by atoms with van der Waals surface area (Å²) in [6, 6.07) is 14.3. The maximum absolute atomic E-state index is 12.9. The van der Waals surface area contributed by atoms with E-state index in [0.29, 0.717) is 0 Å². The highest BCUT2D eigenvalue weighted by Crippen LogP contribution is 2.24. The number of ketones is 2. The van der Waals surface area contributed by atoms with Gasteiger partial charge in [-0.25, -0.2) is 9.59 Å². The van der Waals surface area contributed by atoms with E-state index in [1.165, 1.54) is 24.3 Å². The summed E-state index contributed by atoms with van der Waals surface area (Å²) in [5.41, 5.74) is -1.15. The molecule has 150 valence electrons. The van der Waals surface area contributed by atoms with Crippen LogP contribution in [0.3, 0.4) is 0 Å². The molecule has 0 atom stereocenters. The van der Waals surface area contributed by atoms with Crippen molar-refractivity contribution in [3.63, 3.8) is 0 Å². The summed E-state index contributed by atoms with van der Waals surface area (Å²) in [5, 5.41) is 19.2. The Bertz CT molecular complexity index is 1090. The number of hydrogen-bond acceptors (Lipinski definition) is 4. The van der Waals surface area contributed by atoms with Crippen LogP contribution in [0, 0.1) is 0 Å². The normalized spacial score (nSPS) is 10.5. The molecule has 0 aromatic heterocycles. The third-order valence-electron chi connectivity index (χ3n) is 4.32. The monoisotopic (exact) mass is 530 g/mol. The lowest BCUT2D eigenvalue weighted by molar-refractivity contribution is 0.0677. The summed E-state index contributed by atoms with van der Waals surface area (Å²) in [4.78, 5) is 49.4. The summed E-state index contributed by atoms with van der Waals surface area (Å²) in [5.74, 6) is -4.22. The second kappa shape index (κ2) is 8.73. The van der Waals surface area contributed by atoms with Gasteiger partial charge in [0, 0.05) is 31.2 Å². The number of benzene rings is 3. The lowest BCUT2D eigenvalue weighted by Crippen LogP contribution is -2.17. The van der Waals surface area contributed by atoms with Crippen LogP contribution in [-0.4, -0.2) is 33.7 Å². The molecule has 0 fully saturated rings. The maximum atomic E-state index is 12.9. The minimum atomic E-state index is -1.45. The van der Waals surface area contributed by atoms with Crippen LogP contribution in [0.25, 0.3) is 0 Å². The van der Waals surface area contributed by atoms with Gasteiger partial charge in [-0.3, -0.25) is 9.59 Å². The number of rotatable bonds is 6. The van der Waals surface area contributed by atoms with Crippen molar-refractivity contribution in [2.75, 3.05) is 0 Å². The van der Waals surface area contributed by atoms with E-state index in [4.69, 9.17) is 0 Å². The van der Waals surface area contributed by atoms with Gasteiger partial charge in [0.05, 0.1) is 11.1 Å². The van der Waals surface area contributed by atoms with Crippen LogP contribution >= 0.6 is 31.9 Å². The number of carbonyl (C=O) groups excluding carboxylic acids is 2. The smallest absolute Gasteiger partial charge is 0.336 e. The summed E-state index contributed by atoms with van der Waals surface area (Å²) < 4.78 is 1.44. The van der Waals surface area contributed by atoms with Crippen molar-refractivity contribution in [2.45, 2.75) is 0 Å². The van der Waals surface area contributed by atoms with E-state index in [2.05, 4.69) is 31.9 Å². The number of carboxylic acids is 2. The Morgan fingerprint density at radius 1 is 0.533 bits per heavy atom. The van der Waals surface area contributed by atoms with E-state index in [-0.39, 0.29) is 22.3 Å². The van der Waals surface area contributed by atoms with Crippen LogP contribution in [0.15, 0.2) is 69.6 Å². The van der Waals surface area contributed by atoms with Gasteiger partial charge in [-0.1, -0.05) is 31.9 Å². The zero-order chi connectivity index (χ0) is 22.0. The number of carboxylic acid groups (broad SMARTS) is 2. The van der Waals surface area contributed by atoms with Crippen molar-refractivity contribution >= 4 is 55.4 Å². The van der Waals surface area contributed by atoms with Gasteiger partial charge in [-0.2, -0.15) is 0 Å². The fourth-order valence-electron chi connectivity index (χ4n) is 2.84. The first kappa shape index (κ1) is 21.6. The van der Waals surface area contributed by atoms with Gasteiger partial charge in [0.15, 0.2) is 11.6 Å². The second-order valence-electron chi connectivity index (χ2n) is 6.23. The number of aromatic carboxylic acids is 2. The first-order valence-corrected chi connectivity index (χ1v) is 10.0. The molecule has 30 heavy (non-hydrogen) atoms. The molecule has 0 saturated heterocycles. The molecule has 0 unspecified atom stereocenters. The molecule has 0 bridgehead atoms. The number of hydrogen-bond donors (Lipinski definition) is 2. The number of halogens is 2. The summed E-state index contributed by atoms with van der Waals surface area (Å²) in [6.45, 7) is 0. The van der Waals surface area contributed by atoms with E-state index in [0.717, 1.165) is 21.1 Å². The van der Waals surface area contributed by atoms with E-state index in [9.17, 15) is 29.4 Å². The van der Waals surface area contributed by atoms with Crippen LogP contribution < -0.4 is 0 Å². The molecule has 0 aliphatic rings. The Morgan fingerprint density at radius 3 is 1.10 bits per heavy atom. The summed E-state index contributed by atoms with van der Waals surface area (Å²) in [7, 11) is 0. The van der Waals surface area contributed by atoms with Crippen molar-refractivity contribution in [1.82, 2.24) is 0 Å². The van der Waals surface area contributed by atoms with Crippen molar-refractivity contribution in [1.29, 1.82) is 0 Å². The average Bonchev–Trinajstić information content (AvgIpc) is 2.72. The van der Waals surface area contributed by atoms with Crippen LogP contribution in [0.1, 0.15) is 52.6 Å². The van der Waals surface area contributed by atoms with Crippen LogP contribution in [0.5, 0.6) is 0 Å². The van der Waals surface area contributed by atoms with E-state index in [1.807, 2.05) is 0 Å². The van der Waals surface area contributed by atoms with Gasteiger partial charge in [0.1, 0.15) is 0 Å². The molecule has 0 saturated carbocycles. The fraction of sp³-hybridized carbons (Fsp3) is 0. The molecule has 8 heteroatoms. The van der Waals surface area contributed by atoms with Gasteiger partial charge in [-0.15, -0.1) is 0 Å². The van der Waals surface area contributed by atoms with E-state index in [1.54, 1.807) is 24.3 Å². The first-order valence-electron chi connectivity index (χ1n) is 8.44. The molecule has 0 radical (unpaired) electrons. The Labute approximate surface area is 187 Å². The summed E-state index contributed by atoms with van der Waals surface area (Å²) >= 11 is 6.50. The molecule has 0 aliphatic heterocycles. The Morgan fingerprint density at radius 2 is 0.833 bits per heavy atom. The summed E-state index contributed by atoms with van der Waals surface area (Å²) in [6.07, 6.45) is 0. The quantitative estimate of drug-likeness (QED) is 0.430. The van der Waals surface area contributed by atoms with Gasteiger partial charge in [0.25, 0.3) is 0 Å². The molecule has 0 aliphatic carbocycles.